The number of aryl methyl sites for hydroxylation is 1. The second-order valence-corrected chi connectivity index (χ2v) is 6.02. The van der Waals surface area contributed by atoms with Crippen molar-refractivity contribution in [1.82, 2.24) is 0 Å². The van der Waals surface area contributed by atoms with E-state index < -0.39 is 0 Å². The first-order valence-electron chi connectivity index (χ1n) is 5.39. The molecule has 0 aromatic heterocycles. The minimum Gasteiger partial charge on any atom is -0.322 e. The predicted molar refractivity (Wildman–Crippen MR) is 86.0 cm³/mol. The summed E-state index contributed by atoms with van der Waals surface area (Å²) in [5.74, 6) is -0.0817. The zero-order valence-corrected chi connectivity index (χ0v) is 13.4. The summed E-state index contributed by atoms with van der Waals surface area (Å²) >= 11 is 5.54. The van der Waals surface area contributed by atoms with Crippen LogP contribution in [0.4, 0.5) is 5.69 Å². The van der Waals surface area contributed by atoms with Crippen LogP contribution in [0.2, 0.25) is 0 Å². The van der Waals surface area contributed by atoms with Crippen molar-refractivity contribution in [2.75, 3.05) is 5.32 Å². The third-order valence-electron chi connectivity index (χ3n) is 2.47. The highest BCUT2D eigenvalue weighted by Crippen LogP contribution is 2.18. The van der Waals surface area contributed by atoms with Gasteiger partial charge in [0.15, 0.2) is 0 Å². The van der Waals surface area contributed by atoms with Crippen molar-refractivity contribution in [3.05, 3.63) is 61.6 Å². The second kappa shape index (κ2) is 5.84. The van der Waals surface area contributed by atoms with E-state index in [9.17, 15) is 4.79 Å². The number of nitrogens with one attached hydrogen (secondary N) is 1. The molecular weight excluding hydrogens is 405 g/mol. The van der Waals surface area contributed by atoms with E-state index in [2.05, 4.69) is 43.8 Å². The van der Waals surface area contributed by atoms with E-state index in [0.29, 0.717) is 5.56 Å². The van der Waals surface area contributed by atoms with Crippen LogP contribution < -0.4 is 5.32 Å². The molecule has 0 aliphatic heterocycles. The van der Waals surface area contributed by atoms with Crippen LogP contribution in [-0.4, -0.2) is 5.91 Å². The van der Waals surface area contributed by atoms with Gasteiger partial charge in [-0.2, -0.15) is 0 Å². The molecule has 2 aromatic carbocycles. The van der Waals surface area contributed by atoms with Crippen LogP contribution in [0.25, 0.3) is 0 Å². The number of carbonyl (C=O) groups is 1. The van der Waals surface area contributed by atoms with Crippen molar-refractivity contribution in [2.24, 2.45) is 0 Å². The topological polar surface area (TPSA) is 29.1 Å². The van der Waals surface area contributed by atoms with Crippen LogP contribution in [0.15, 0.2) is 46.9 Å². The fourth-order valence-corrected chi connectivity index (χ4v) is 2.72. The van der Waals surface area contributed by atoms with Crippen molar-refractivity contribution in [1.29, 1.82) is 0 Å². The number of anilines is 1. The van der Waals surface area contributed by atoms with Gasteiger partial charge in [-0.05, 0) is 65.9 Å². The average molecular weight is 416 g/mol. The van der Waals surface area contributed by atoms with E-state index in [1.807, 2.05) is 49.4 Å². The monoisotopic (exact) mass is 415 g/mol. The van der Waals surface area contributed by atoms with Gasteiger partial charge in [-0.25, -0.2) is 0 Å². The van der Waals surface area contributed by atoms with E-state index in [4.69, 9.17) is 0 Å². The van der Waals surface area contributed by atoms with Gasteiger partial charge in [0.2, 0.25) is 0 Å². The van der Waals surface area contributed by atoms with E-state index in [1.54, 1.807) is 0 Å². The summed E-state index contributed by atoms with van der Waals surface area (Å²) in [6.07, 6.45) is 0. The lowest BCUT2D eigenvalue weighted by Gasteiger charge is -2.07. The van der Waals surface area contributed by atoms with Gasteiger partial charge in [0, 0.05) is 13.7 Å². The molecule has 2 nitrogen and oxygen atoms in total. The number of rotatable bonds is 2. The number of hydrogen-bond donors (Lipinski definition) is 1. The van der Waals surface area contributed by atoms with E-state index >= 15 is 0 Å². The zero-order chi connectivity index (χ0) is 13.1. The summed E-state index contributed by atoms with van der Waals surface area (Å²) in [7, 11) is 0. The smallest absolute Gasteiger partial charge is 0.256 e. The van der Waals surface area contributed by atoms with Gasteiger partial charge < -0.3 is 5.32 Å². The van der Waals surface area contributed by atoms with Gasteiger partial charge in [-0.3, -0.25) is 4.79 Å². The molecule has 0 fully saturated rings. The molecule has 92 valence electrons. The zero-order valence-electron chi connectivity index (χ0n) is 9.71. The van der Waals surface area contributed by atoms with Gasteiger partial charge >= 0.3 is 0 Å². The van der Waals surface area contributed by atoms with Crippen LogP contribution in [0.1, 0.15) is 15.9 Å². The molecule has 0 saturated carbocycles. The third kappa shape index (κ3) is 3.32. The van der Waals surface area contributed by atoms with Crippen molar-refractivity contribution >= 4 is 50.1 Å². The minimum atomic E-state index is -0.0817. The maximum atomic E-state index is 12.1. The molecule has 0 aliphatic rings. The van der Waals surface area contributed by atoms with Gasteiger partial charge in [0.05, 0.1) is 5.56 Å². The largest absolute Gasteiger partial charge is 0.322 e. The van der Waals surface area contributed by atoms with Crippen molar-refractivity contribution in [3.63, 3.8) is 0 Å². The first-order chi connectivity index (χ1) is 8.56. The quantitative estimate of drug-likeness (QED) is 0.712. The molecule has 1 amide bonds. The lowest BCUT2D eigenvalue weighted by atomic mass is 10.1. The molecule has 0 aliphatic carbocycles. The first kappa shape index (κ1) is 13.5. The van der Waals surface area contributed by atoms with Crippen LogP contribution in [-0.2, 0) is 0 Å². The summed E-state index contributed by atoms with van der Waals surface area (Å²) in [4.78, 5) is 12.1. The SMILES string of the molecule is Cc1ccc(C(=O)Nc2ccc(Br)cc2)c(I)c1. The Morgan fingerprint density at radius 3 is 2.44 bits per heavy atom. The Labute approximate surface area is 128 Å². The molecule has 0 saturated heterocycles. The Morgan fingerprint density at radius 1 is 1.17 bits per heavy atom. The summed E-state index contributed by atoms with van der Waals surface area (Å²) in [5.41, 5.74) is 2.64. The fraction of sp³-hybridized carbons (Fsp3) is 0.0714. The molecule has 4 heteroatoms. The highest BCUT2D eigenvalue weighted by molar-refractivity contribution is 14.1. The summed E-state index contributed by atoms with van der Waals surface area (Å²) in [6.45, 7) is 2.01. The van der Waals surface area contributed by atoms with E-state index in [1.165, 1.54) is 0 Å². The highest BCUT2D eigenvalue weighted by atomic mass is 127. The van der Waals surface area contributed by atoms with E-state index in [0.717, 1.165) is 19.3 Å². The van der Waals surface area contributed by atoms with E-state index in [-0.39, 0.29) is 5.91 Å². The molecule has 1 N–H and O–H groups in total. The van der Waals surface area contributed by atoms with Crippen LogP contribution in [0.5, 0.6) is 0 Å². The first-order valence-corrected chi connectivity index (χ1v) is 7.26. The second-order valence-electron chi connectivity index (χ2n) is 3.94. The van der Waals surface area contributed by atoms with Crippen molar-refractivity contribution in [3.8, 4) is 0 Å². The molecule has 2 rings (SSSR count). The van der Waals surface area contributed by atoms with Crippen LogP contribution >= 0.6 is 38.5 Å². The molecule has 18 heavy (non-hydrogen) atoms. The van der Waals surface area contributed by atoms with Crippen LogP contribution in [0, 0.1) is 10.5 Å². The number of halogens is 2. The average Bonchev–Trinajstić information content (AvgIpc) is 2.32. The maximum absolute atomic E-state index is 12.1. The molecule has 0 radical (unpaired) electrons. The standard InChI is InChI=1S/C14H11BrINO/c1-9-2-7-12(13(16)8-9)14(18)17-11-5-3-10(15)4-6-11/h2-8H,1H3,(H,17,18). The fourth-order valence-electron chi connectivity index (χ4n) is 1.54. The number of carbonyl (C=O) groups excluding carboxylic acids is 1. The molecule has 0 unspecified atom stereocenters. The summed E-state index contributed by atoms with van der Waals surface area (Å²) < 4.78 is 1.95. The minimum absolute atomic E-state index is 0.0817. The predicted octanol–water partition coefficient (Wildman–Crippen LogP) is 4.61. The lowest BCUT2D eigenvalue weighted by Crippen LogP contribution is -2.13. The number of amides is 1. The van der Waals surface area contributed by atoms with Crippen molar-refractivity contribution in [2.45, 2.75) is 6.92 Å². The molecular formula is C14H11BrINO. The Hall–Kier alpha value is -0.880. The number of benzene rings is 2. The summed E-state index contributed by atoms with van der Waals surface area (Å²) in [5, 5.41) is 2.88. The maximum Gasteiger partial charge on any atom is 0.256 e. The van der Waals surface area contributed by atoms with Gasteiger partial charge in [0.1, 0.15) is 0 Å². The Bertz CT molecular complexity index is 581. The lowest BCUT2D eigenvalue weighted by molar-refractivity contribution is 0.102. The molecule has 0 heterocycles. The molecule has 0 bridgehead atoms. The Balaban J connectivity index is 2.19. The van der Waals surface area contributed by atoms with Gasteiger partial charge in [0.25, 0.3) is 5.91 Å². The third-order valence-corrected chi connectivity index (χ3v) is 3.89. The van der Waals surface area contributed by atoms with Crippen molar-refractivity contribution < 1.29 is 4.79 Å². The van der Waals surface area contributed by atoms with Gasteiger partial charge in [-0.15, -0.1) is 0 Å². The molecule has 0 spiro atoms. The normalized spacial score (nSPS) is 10.2. The highest BCUT2D eigenvalue weighted by Gasteiger charge is 2.09. The number of hydrogen-bond acceptors (Lipinski definition) is 1. The molecule has 2 aromatic rings. The Morgan fingerprint density at radius 2 is 1.83 bits per heavy atom. The summed E-state index contributed by atoms with van der Waals surface area (Å²) in [6, 6.07) is 13.3. The Kier molecular flexibility index (Phi) is 4.40. The van der Waals surface area contributed by atoms with Gasteiger partial charge in [-0.1, -0.05) is 27.6 Å². The van der Waals surface area contributed by atoms with Crippen LogP contribution in [0.3, 0.4) is 0 Å². The molecule has 0 atom stereocenters.